The second-order valence-electron chi connectivity index (χ2n) is 4.48. The number of ether oxygens (including phenoxy) is 1. The molecule has 78 valence electrons. The SMILES string of the molecule is COCC(C)CC(O)CC1CCC1. The van der Waals surface area contributed by atoms with Crippen molar-refractivity contribution in [1.82, 2.24) is 0 Å². The van der Waals surface area contributed by atoms with Crippen LogP contribution in [0.1, 0.15) is 39.0 Å². The Morgan fingerprint density at radius 1 is 1.46 bits per heavy atom. The van der Waals surface area contributed by atoms with Crippen LogP contribution < -0.4 is 0 Å². The van der Waals surface area contributed by atoms with E-state index >= 15 is 0 Å². The normalized spacial score (nSPS) is 22.4. The molecule has 1 N–H and O–H groups in total. The summed E-state index contributed by atoms with van der Waals surface area (Å²) in [5.74, 6) is 1.30. The third-order valence-electron chi connectivity index (χ3n) is 2.96. The summed E-state index contributed by atoms with van der Waals surface area (Å²) in [6, 6.07) is 0. The summed E-state index contributed by atoms with van der Waals surface area (Å²) >= 11 is 0. The van der Waals surface area contributed by atoms with Gasteiger partial charge in [-0.05, 0) is 24.7 Å². The molecule has 2 unspecified atom stereocenters. The first-order chi connectivity index (χ1) is 6.22. The zero-order chi connectivity index (χ0) is 9.68. The lowest BCUT2D eigenvalue weighted by Gasteiger charge is -2.28. The molecule has 0 heterocycles. The molecule has 1 saturated carbocycles. The molecule has 0 radical (unpaired) electrons. The summed E-state index contributed by atoms with van der Waals surface area (Å²) < 4.78 is 5.04. The van der Waals surface area contributed by atoms with E-state index in [0.717, 1.165) is 25.4 Å². The fourth-order valence-electron chi connectivity index (χ4n) is 2.03. The van der Waals surface area contributed by atoms with Gasteiger partial charge in [0.25, 0.3) is 0 Å². The Bertz CT molecular complexity index is 132. The quantitative estimate of drug-likeness (QED) is 0.689. The van der Waals surface area contributed by atoms with E-state index in [1.807, 2.05) is 0 Å². The van der Waals surface area contributed by atoms with Gasteiger partial charge >= 0.3 is 0 Å². The largest absolute Gasteiger partial charge is 0.393 e. The van der Waals surface area contributed by atoms with Crippen LogP contribution in [0.3, 0.4) is 0 Å². The van der Waals surface area contributed by atoms with Gasteiger partial charge in [-0.2, -0.15) is 0 Å². The van der Waals surface area contributed by atoms with Crippen molar-refractivity contribution in [1.29, 1.82) is 0 Å². The zero-order valence-electron chi connectivity index (χ0n) is 8.83. The van der Waals surface area contributed by atoms with Crippen LogP contribution >= 0.6 is 0 Å². The molecule has 13 heavy (non-hydrogen) atoms. The second kappa shape index (κ2) is 5.61. The Morgan fingerprint density at radius 2 is 2.15 bits per heavy atom. The van der Waals surface area contributed by atoms with Gasteiger partial charge in [0.1, 0.15) is 0 Å². The molecule has 1 rings (SSSR count). The fraction of sp³-hybridized carbons (Fsp3) is 1.00. The summed E-state index contributed by atoms with van der Waals surface area (Å²) in [7, 11) is 1.72. The number of aliphatic hydroxyl groups is 1. The lowest BCUT2D eigenvalue weighted by atomic mass is 9.80. The molecule has 2 heteroatoms. The van der Waals surface area contributed by atoms with Gasteiger partial charge in [-0.1, -0.05) is 26.2 Å². The molecule has 0 saturated heterocycles. The maximum Gasteiger partial charge on any atom is 0.0546 e. The van der Waals surface area contributed by atoms with Gasteiger partial charge in [0, 0.05) is 13.7 Å². The highest BCUT2D eigenvalue weighted by Gasteiger charge is 2.21. The maximum absolute atomic E-state index is 9.73. The molecule has 0 bridgehead atoms. The highest BCUT2D eigenvalue weighted by molar-refractivity contribution is 4.74. The van der Waals surface area contributed by atoms with Gasteiger partial charge in [-0.15, -0.1) is 0 Å². The Labute approximate surface area is 81.3 Å². The van der Waals surface area contributed by atoms with Crippen LogP contribution in [0.5, 0.6) is 0 Å². The summed E-state index contributed by atoms with van der Waals surface area (Å²) in [5, 5.41) is 9.73. The standard InChI is InChI=1S/C11H22O2/c1-9(8-13-2)6-11(12)7-10-4-3-5-10/h9-12H,3-8H2,1-2H3. The van der Waals surface area contributed by atoms with E-state index in [0.29, 0.717) is 5.92 Å². The van der Waals surface area contributed by atoms with E-state index in [-0.39, 0.29) is 6.10 Å². The van der Waals surface area contributed by atoms with Gasteiger partial charge in [0.15, 0.2) is 0 Å². The Hall–Kier alpha value is -0.0800. The first kappa shape index (κ1) is 11.0. The zero-order valence-corrected chi connectivity index (χ0v) is 8.83. The number of methoxy groups -OCH3 is 1. The molecule has 1 aliphatic rings. The molecule has 1 aliphatic carbocycles. The molecular weight excluding hydrogens is 164 g/mol. The topological polar surface area (TPSA) is 29.5 Å². The lowest BCUT2D eigenvalue weighted by Crippen LogP contribution is -2.22. The molecule has 0 amide bonds. The summed E-state index contributed by atoms with van der Waals surface area (Å²) in [6.45, 7) is 2.90. The molecule has 2 atom stereocenters. The molecule has 0 aromatic rings. The molecule has 2 nitrogen and oxygen atoms in total. The average molecular weight is 186 g/mol. The summed E-state index contributed by atoms with van der Waals surface area (Å²) in [6.07, 6.45) is 5.82. The van der Waals surface area contributed by atoms with Crippen LogP contribution in [-0.4, -0.2) is 24.9 Å². The molecule has 0 aromatic carbocycles. The van der Waals surface area contributed by atoms with Gasteiger partial charge < -0.3 is 9.84 Å². The van der Waals surface area contributed by atoms with Crippen molar-refractivity contribution in [2.75, 3.05) is 13.7 Å². The smallest absolute Gasteiger partial charge is 0.0546 e. The van der Waals surface area contributed by atoms with Crippen molar-refractivity contribution in [2.45, 2.75) is 45.1 Å². The summed E-state index contributed by atoms with van der Waals surface area (Å²) in [4.78, 5) is 0. The molecule has 0 aliphatic heterocycles. The van der Waals surface area contributed by atoms with Crippen molar-refractivity contribution >= 4 is 0 Å². The van der Waals surface area contributed by atoms with Crippen LogP contribution in [0.4, 0.5) is 0 Å². The van der Waals surface area contributed by atoms with Crippen molar-refractivity contribution < 1.29 is 9.84 Å². The van der Waals surface area contributed by atoms with Crippen LogP contribution in [-0.2, 0) is 4.74 Å². The third kappa shape index (κ3) is 4.10. The minimum atomic E-state index is -0.101. The van der Waals surface area contributed by atoms with E-state index in [9.17, 15) is 5.11 Å². The second-order valence-corrected chi connectivity index (χ2v) is 4.48. The molecule has 0 spiro atoms. The number of hydrogen-bond donors (Lipinski definition) is 1. The van der Waals surface area contributed by atoms with Crippen molar-refractivity contribution in [3.8, 4) is 0 Å². The lowest BCUT2D eigenvalue weighted by molar-refractivity contribution is 0.0736. The predicted molar refractivity (Wildman–Crippen MR) is 53.6 cm³/mol. The van der Waals surface area contributed by atoms with E-state index in [1.165, 1.54) is 19.3 Å². The van der Waals surface area contributed by atoms with E-state index < -0.39 is 0 Å². The Balaban J connectivity index is 2.04. The van der Waals surface area contributed by atoms with Crippen LogP contribution in [0.15, 0.2) is 0 Å². The van der Waals surface area contributed by atoms with Crippen LogP contribution in [0, 0.1) is 11.8 Å². The molecule has 1 fully saturated rings. The number of rotatable bonds is 6. The number of aliphatic hydroxyl groups excluding tert-OH is 1. The minimum absolute atomic E-state index is 0.101. The van der Waals surface area contributed by atoms with E-state index in [4.69, 9.17) is 4.74 Å². The van der Waals surface area contributed by atoms with Gasteiger partial charge in [-0.25, -0.2) is 0 Å². The molecule has 0 aromatic heterocycles. The first-order valence-electron chi connectivity index (χ1n) is 5.39. The number of hydrogen-bond acceptors (Lipinski definition) is 2. The monoisotopic (exact) mass is 186 g/mol. The highest BCUT2D eigenvalue weighted by atomic mass is 16.5. The van der Waals surface area contributed by atoms with Crippen molar-refractivity contribution in [3.63, 3.8) is 0 Å². The maximum atomic E-state index is 9.73. The van der Waals surface area contributed by atoms with Gasteiger partial charge in [-0.3, -0.25) is 0 Å². The van der Waals surface area contributed by atoms with Crippen LogP contribution in [0.2, 0.25) is 0 Å². The first-order valence-corrected chi connectivity index (χ1v) is 5.39. The van der Waals surface area contributed by atoms with Gasteiger partial charge in [0.05, 0.1) is 6.10 Å². The predicted octanol–water partition coefficient (Wildman–Crippen LogP) is 2.21. The van der Waals surface area contributed by atoms with E-state index in [1.54, 1.807) is 7.11 Å². The fourth-order valence-corrected chi connectivity index (χ4v) is 2.03. The molecular formula is C11H22O2. The minimum Gasteiger partial charge on any atom is -0.393 e. The average Bonchev–Trinajstić information content (AvgIpc) is 1.97. The Morgan fingerprint density at radius 3 is 2.62 bits per heavy atom. The summed E-state index contributed by atoms with van der Waals surface area (Å²) in [5.41, 5.74) is 0. The van der Waals surface area contributed by atoms with Crippen LogP contribution in [0.25, 0.3) is 0 Å². The van der Waals surface area contributed by atoms with Crippen molar-refractivity contribution in [2.24, 2.45) is 11.8 Å². The third-order valence-corrected chi connectivity index (χ3v) is 2.96. The van der Waals surface area contributed by atoms with E-state index in [2.05, 4.69) is 6.92 Å². The van der Waals surface area contributed by atoms with Crippen molar-refractivity contribution in [3.05, 3.63) is 0 Å². The van der Waals surface area contributed by atoms with Gasteiger partial charge in [0.2, 0.25) is 0 Å². The Kier molecular flexibility index (Phi) is 4.74. The highest BCUT2D eigenvalue weighted by Crippen LogP contribution is 2.31.